The monoisotopic (exact) mass is 394 g/mol. The maximum atomic E-state index is 11.1. The van der Waals surface area contributed by atoms with Crippen molar-refractivity contribution in [2.24, 2.45) is 0 Å². The van der Waals surface area contributed by atoms with Crippen LogP contribution in [0.5, 0.6) is 17.2 Å². The summed E-state index contributed by atoms with van der Waals surface area (Å²) in [6.45, 7) is 4.69. The molecule has 128 valence electrons. The van der Waals surface area contributed by atoms with Crippen LogP contribution < -0.4 is 14.2 Å². The van der Waals surface area contributed by atoms with Gasteiger partial charge in [0.25, 0.3) is 0 Å². The zero-order valence-electron chi connectivity index (χ0n) is 13.8. The maximum absolute atomic E-state index is 11.1. The van der Waals surface area contributed by atoms with E-state index in [9.17, 15) is 4.79 Å². The average molecular weight is 395 g/mol. The number of methoxy groups -OCH3 is 1. The van der Waals surface area contributed by atoms with E-state index in [1.54, 1.807) is 0 Å². The number of benzene rings is 2. The lowest BCUT2D eigenvalue weighted by atomic mass is 10.1. The lowest BCUT2D eigenvalue weighted by Gasteiger charge is -2.14. The zero-order chi connectivity index (χ0) is 17.7. The van der Waals surface area contributed by atoms with Gasteiger partial charge in [-0.1, -0.05) is 6.07 Å². The highest BCUT2D eigenvalue weighted by molar-refractivity contribution is 9.10. The van der Waals surface area contributed by atoms with E-state index in [4.69, 9.17) is 19.3 Å². The molecule has 0 heterocycles. The number of halogens is 1. The molecule has 0 aliphatic heterocycles. The van der Waals surface area contributed by atoms with E-state index in [0.717, 1.165) is 16.9 Å². The van der Waals surface area contributed by atoms with Gasteiger partial charge in [-0.05, 0) is 65.2 Å². The molecule has 2 aromatic carbocycles. The number of carbonyl (C=O) groups is 1. The molecule has 5 nitrogen and oxygen atoms in total. The second kappa shape index (κ2) is 8.06. The highest BCUT2D eigenvalue weighted by Crippen LogP contribution is 2.36. The quantitative estimate of drug-likeness (QED) is 0.711. The number of carboxylic acids is 1. The molecule has 2 aromatic rings. The molecule has 0 atom stereocenters. The van der Waals surface area contributed by atoms with Gasteiger partial charge in [0.05, 0.1) is 17.1 Å². The number of hydrogen-bond donors (Lipinski definition) is 1. The first-order chi connectivity index (χ1) is 11.4. The van der Waals surface area contributed by atoms with Crippen LogP contribution in [-0.4, -0.2) is 31.4 Å². The molecule has 0 aliphatic carbocycles. The van der Waals surface area contributed by atoms with Gasteiger partial charge < -0.3 is 19.3 Å². The lowest BCUT2D eigenvalue weighted by molar-refractivity contribution is 0.0696. The van der Waals surface area contributed by atoms with Crippen molar-refractivity contribution >= 4 is 21.9 Å². The van der Waals surface area contributed by atoms with Crippen LogP contribution in [0.4, 0.5) is 0 Å². The van der Waals surface area contributed by atoms with Crippen molar-refractivity contribution in [3.05, 3.63) is 51.5 Å². The lowest BCUT2D eigenvalue weighted by Crippen LogP contribution is -2.10. The van der Waals surface area contributed by atoms with Crippen LogP contribution in [0.1, 0.15) is 21.5 Å². The van der Waals surface area contributed by atoms with Gasteiger partial charge in [0.15, 0.2) is 11.5 Å². The Kier molecular flexibility index (Phi) is 6.09. The Bertz CT molecular complexity index is 722. The fourth-order valence-corrected chi connectivity index (χ4v) is 2.86. The largest absolute Gasteiger partial charge is 0.493 e. The Balaban J connectivity index is 2.00. The summed E-state index contributed by atoms with van der Waals surface area (Å²) in [5.41, 5.74) is 2.40. The molecular formula is C18H19BrO5. The Hall–Kier alpha value is -2.21. The van der Waals surface area contributed by atoms with Crippen LogP contribution in [0.3, 0.4) is 0 Å². The van der Waals surface area contributed by atoms with E-state index < -0.39 is 5.97 Å². The topological polar surface area (TPSA) is 65.0 Å². The molecule has 0 spiro atoms. The second-order valence-corrected chi connectivity index (χ2v) is 6.17. The SMILES string of the molecule is COc1cc(C(=O)O)cc(Br)c1OCCOc1cc(C)cc(C)c1. The van der Waals surface area contributed by atoms with Gasteiger partial charge in [-0.2, -0.15) is 0 Å². The van der Waals surface area contributed by atoms with Crippen molar-refractivity contribution in [1.82, 2.24) is 0 Å². The molecule has 0 saturated heterocycles. The number of rotatable bonds is 7. The molecule has 1 N–H and O–H groups in total. The average Bonchev–Trinajstić information content (AvgIpc) is 2.51. The van der Waals surface area contributed by atoms with Crippen LogP contribution in [0.25, 0.3) is 0 Å². The summed E-state index contributed by atoms with van der Waals surface area (Å²) < 4.78 is 17.1. The van der Waals surface area contributed by atoms with Gasteiger partial charge in [-0.15, -0.1) is 0 Å². The Labute approximate surface area is 149 Å². The fraction of sp³-hybridized carbons (Fsp3) is 0.278. The van der Waals surface area contributed by atoms with E-state index in [2.05, 4.69) is 22.0 Å². The van der Waals surface area contributed by atoms with Crippen molar-refractivity contribution in [1.29, 1.82) is 0 Å². The van der Waals surface area contributed by atoms with Gasteiger partial charge in [0, 0.05) is 0 Å². The first kappa shape index (κ1) is 18.1. The van der Waals surface area contributed by atoms with Crippen molar-refractivity contribution in [2.75, 3.05) is 20.3 Å². The number of aromatic carboxylic acids is 1. The molecule has 6 heteroatoms. The number of carboxylic acid groups (broad SMARTS) is 1. The van der Waals surface area contributed by atoms with Gasteiger partial charge >= 0.3 is 5.97 Å². The number of aryl methyl sites for hydroxylation is 2. The normalized spacial score (nSPS) is 10.3. The smallest absolute Gasteiger partial charge is 0.335 e. The summed E-state index contributed by atoms with van der Waals surface area (Å²) >= 11 is 3.31. The van der Waals surface area contributed by atoms with Crippen molar-refractivity contribution < 1.29 is 24.1 Å². The molecule has 24 heavy (non-hydrogen) atoms. The van der Waals surface area contributed by atoms with Gasteiger partial charge in [-0.3, -0.25) is 0 Å². The van der Waals surface area contributed by atoms with Crippen molar-refractivity contribution in [2.45, 2.75) is 13.8 Å². The summed E-state index contributed by atoms with van der Waals surface area (Å²) in [5.74, 6) is 0.571. The number of hydrogen-bond acceptors (Lipinski definition) is 4. The fourth-order valence-electron chi connectivity index (χ4n) is 2.30. The van der Waals surface area contributed by atoms with E-state index in [1.165, 1.54) is 19.2 Å². The molecule has 0 saturated carbocycles. The van der Waals surface area contributed by atoms with Gasteiger partial charge in [0.2, 0.25) is 0 Å². The molecule has 0 bridgehead atoms. The third-order valence-corrected chi connectivity index (χ3v) is 3.86. The van der Waals surface area contributed by atoms with E-state index in [0.29, 0.717) is 29.2 Å². The molecule has 0 amide bonds. The molecule has 0 fully saturated rings. The maximum Gasteiger partial charge on any atom is 0.335 e. The summed E-state index contributed by atoms with van der Waals surface area (Å²) in [6.07, 6.45) is 0. The van der Waals surface area contributed by atoms with Crippen LogP contribution in [-0.2, 0) is 0 Å². The molecule has 0 unspecified atom stereocenters. The summed E-state index contributed by atoms with van der Waals surface area (Å²) in [5, 5.41) is 9.07. The molecule has 0 aromatic heterocycles. The Morgan fingerprint density at radius 3 is 2.25 bits per heavy atom. The van der Waals surface area contributed by atoms with Crippen LogP contribution in [0.15, 0.2) is 34.8 Å². The predicted octanol–water partition coefficient (Wildman–Crippen LogP) is 4.23. The molecule has 2 rings (SSSR count). The highest BCUT2D eigenvalue weighted by atomic mass is 79.9. The summed E-state index contributed by atoms with van der Waals surface area (Å²) in [4.78, 5) is 11.1. The Morgan fingerprint density at radius 2 is 1.67 bits per heavy atom. The van der Waals surface area contributed by atoms with Gasteiger partial charge in [-0.25, -0.2) is 4.79 Å². The molecule has 0 aliphatic rings. The minimum atomic E-state index is -1.03. The second-order valence-electron chi connectivity index (χ2n) is 5.31. The predicted molar refractivity (Wildman–Crippen MR) is 94.6 cm³/mol. The van der Waals surface area contributed by atoms with E-state index in [1.807, 2.05) is 26.0 Å². The van der Waals surface area contributed by atoms with E-state index >= 15 is 0 Å². The van der Waals surface area contributed by atoms with Crippen molar-refractivity contribution in [3.63, 3.8) is 0 Å². The third kappa shape index (κ3) is 4.64. The summed E-state index contributed by atoms with van der Waals surface area (Å²) in [6, 6.07) is 8.91. The Morgan fingerprint density at radius 1 is 1.04 bits per heavy atom. The van der Waals surface area contributed by atoms with Crippen LogP contribution in [0.2, 0.25) is 0 Å². The number of ether oxygens (including phenoxy) is 3. The van der Waals surface area contributed by atoms with Crippen LogP contribution in [0, 0.1) is 13.8 Å². The van der Waals surface area contributed by atoms with Crippen LogP contribution >= 0.6 is 15.9 Å². The molecular weight excluding hydrogens is 376 g/mol. The third-order valence-electron chi connectivity index (χ3n) is 3.27. The minimum absolute atomic E-state index is 0.123. The highest BCUT2D eigenvalue weighted by Gasteiger charge is 2.15. The van der Waals surface area contributed by atoms with Gasteiger partial charge in [0.1, 0.15) is 19.0 Å². The summed E-state index contributed by atoms with van der Waals surface area (Å²) in [7, 11) is 1.46. The van der Waals surface area contributed by atoms with Crippen molar-refractivity contribution in [3.8, 4) is 17.2 Å². The standard InChI is InChI=1S/C18H19BrO5/c1-11-6-12(2)8-14(7-11)23-4-5-24-17-15(19)9-13(18(20)21)10-16(17)22-3/h6-10H,4-5H2,1-3H3,(H,20,21). The molecule has 0 radical (unpaired) electrons. The first-order valence-electron chi connectivity index (χ1n) is 7.35. The first-order valence-corrected chi connectivity index (χ1v) is 8.14. The zero-order valence-corrected chi connectivity index (χ0v) is 15.3. The minimum Gasteiger partial charge on any atom is -0.493 e. The van der Waals surface area contributed by atoms with E-state index in [-0.39, 0.29) is 5.56 Å².